The van der Waals surface area contributed by atoms with Crippen LogP contribution >= 0.6 is 12.2 Å². The van der Waals surface area contributed by atoms with Gasteiger partial charge in [0.25, 0.3) is 5.91 Å². The van der Waals surface area contributed by atoms with Gasteiger partial charge < -0.3 is 11.1 Å². The summed E-state index contributed by atoms with van der Waals surface area (Å²) in [7, 11) is 0. The molecular formula is C16H15FN2OS. The first-order valence-electron chi connectivity index (χ1n) is 6.40. The van der Waals surface area contributed by atoms with Crippen LogP contribution in [-0.2, 0) is 0 Å². The van der Waals surface area contributed by atoms with E-state index < -0.39 is 17.8 Å². The second kappa shape index (κ2) is 6.45. The Morgan fingerprint density at radius 3 is 2.48 bits per heavy atom. The maximum Gasteiger partial charge on any atom is 0.252 e. The maximum absolute atomic E-state index is 13.5. The zero-order valence-electron chi connectivity index (χ0n) is 11.5. The monoisotopic (exact) mass is 302 g/mol. The van der Waals surface area contributed by atoms with E-state index in [1.54, 1.807) is 19.1 Å². The van der Waals surface area contributed by atoms with E-state index in [-0.39, 0.29) is 10.6 Å². The molecule has 3 N–H and O–H groups in total. The fraction of sp³-hybridized carbons (Fsp3) is 0.125. The Labute approximate surface area is 128 Å². The molecule has 2 rings (SSSR count). The molecule has 2 aromatic carbocycles. The van der Waals surface area contributed by atoms with Crippen molar-refractivity contribution in [1.29, 1.82) is 0 Å². The number of carbonyl (C=O) groups excluding carboxylic acids is 1. The number of carbonyl (C=O) groups is 1. The number of aryl methyl sites for hydroxylation is 1. The summed E-state index contributed by atoms with van der Waals surface area (Å²) in [5.74, 6) is -0.843. The van der Waals surface area contributed by atoms with Crippen molar-refractivity contribution in [2.24, 2.45) is 5.73 Å². The van der Waals surface area contributed by atoms with Crippen molar-refractivity contribution < 1.29 is 9.18 Å². The van der Waals surface area contributed by atoms with Gasteiger partial charge in [-0.1, -0.05) is 48.6 Å². The number of amides is 1. The topological polar surface area (TPSA) is 55.1 Å². The molecule has 21 heavy (non-hydrogen) atoms. The third-order valence-corrected chi connectivity index (χ3v) is 3.36. The van der Waals surface area contributed by atoms with Gasteiger partial charge in [-0.25, -0.2) is 4.39 Å². The van der Waals surface area contributed by atoms with Crippen molar-refractivity contribution in [1.82, 2.24) is 5.32 Å². The third-order valence-electron chi connectivity index (χ3n) is 3.13. The molecule has 0 fully saturated rings. The lowest BCUT2D eigenvalue weighted by Crippen LogP contribution is -2.36. The molecule has 1 atom stereocenters. The molecule has 2 aromatic rings. The van der Waals surface area contributed by atoms with Crippen molar-refractivity contribution in [3.8, 4) is 0 Å². The fourth-order valence-corrected chi connectivity index (χ4v) is 2.11. The van der Waals surface area contributed by atoms with E-state index in [9.17, 15) is 9.18 Å². The highest BCUT2D eigenvalue weighted by Gasteiger charge is 2.18. The quantitative estimate of drug-likeness (QED) is 0.854. The molecule has 0 spiro atoms. The first-order valence-corrected chi connectivity index (χ1v) is 6.81. The first-order chi connectivity index (χ1) is 9.99. The Balaban J connectivity index is 2.23. The van der Waals surface area contributed by atoms with Gasteiger partial charge in [-0.2, -0.15) is 0 Å². The van der Waals surface area contributed by atoms with Gasteiger partial charge in [0.15, 0.2) is 0 Å². The molecule has 0 heterocycles. The standard InChI is InChI=1S/C16H15FN2OS/c1-10-7-8-12(9-13(10)17)16(20)19-14(15(18)21)11-5-3-2-4-6-11/h2-9,14H,1H3,(H2,18,21)(H,19,20). The van der Waals surface area contributed by atoms with Crippen LogP contribution in [0.5, 0.6) is 0 Å². The average Bonchev–Trinajstić information content (AvgIpc) is 2.48. The second-order valence-electron chi connectivity index (χ2n) is 4.68. The zero-order chi connectivity index (χ0) is 15.4. The summed E-state index contributed by atoms with van der Waals surface area (Å²) in [6, 6.07) is 12.9. The Bertz CT molecular complexity index is 673. The summed E-state index contributed by atoms with van der Waals surface area (Å²) in [5, 5.41) is 2.72. The molecular weight excluding hydrogens is 287 g/mol. The van der Waals surface area contributed by atoms with Gasteiger partial charge in [0.2, 0.25) is 0 Å². The van der Waals surface area contributed by atoms with Crippen molar-refractivity contribution >= 4 is 23.1 Å². The highest BCUT2D eigenvalue weighted by molar-refractivity contribution is 7.80. The normalized spacial score (nSPS) is 11.7. The van der Waals surface area contributed by atoms with E-state index >= 15 is 0 Å². The van der Waals surface area contributed by atoms with Crippen LogP contribution < -0.4 is 11.1 Å². The van der Waals surface area contributed by atoms with Crippen molar-refractivity contribution in [3.63, 3.8) is 0 Å². The van der Waals surface area contributed by atoms with Gasteiger partial charge in [-0.15, -0.1) is 0 Å². The van der Waals surface area contributed by atoms with Gasteiger partial charge in [-0.05, 0) is 30.2 Å². The Morgan fingerprint density at radius 1 is 1.24 bits per heavy atom. The third kappa shape index (κ3) is 3.64. The first kappa shape index (κ1) is 15.1. The van der Waals surface area contributed by atoms with Crippen molar-refractivity contribution in [2.45, 2.75) is 13.0 Å². The summed E-state index contributed by atoms with van der Waals surface area (Å²) in [6.45, 7) is 1.64. The lowest BCUT2D eigenvalue weighted by atomic mass is 10.1. The molecule has 3 nitrogen and oxygen atoms in total. The van der Waals surface area contributed by atoms with E-state index in [0.717, 1.165) is 5.56 Å². The van der Waals surface area contributed by atoms with Crippen LogP contribution in [-0.4, -0.2) is 10.9 Å². The summed E-state index contributed by atoms with van der Waals surface area (Å²) in [4.78, 5) is 12.4. The molecule has 0 aliphatic rings. The Kier molecular flexibility index (Phi) is 4.65. The van der Waals surface area contributed by atoms with Gasteiger partial charge in [-0.3, -0.25) is 4.79 Å². The second-order valence-corrected chi connectivity index (χ2v) is 5.15. The number of hydrogen-bond donors (Lipinski definition) is 2. The van der Waals surface area contributed by atoms with Crippen molar-refractivity contribution in [2.75, 3.05) is 0 Å². The molecule has 5 heteroatoms. The van der Waals surface area contributed by atoms with Crippen LogP contribution in [0.4, 0.5) is 4.39 Å². The SMILES string of the molecule is Cc1ccc(C(=O)NC(C(N)=S)c2ccccc2)cc1F. The Hall–Kier alpha value is -2.27. The molecule has 1 amide bonds. The maximum atomic E-state index is 13.5. The summed E-state index contributed by atoms with van der Waals surface area (Å²) in [5.41, 5.74) is 7.19. The molecule has 0 aliphatic heterocycles. The van der Waals surface area contributed by atoms with E-state index in [0.29, 0.717) is 5.56 Å². The molecule has 0 saturated carbocycles. The number of hydrogen-bond acceptors (Lipinski definition) is 2. The predicted octanol–water partition coefficient (Wildman–Crippen LogP) is 2.89. The van der Waals surface area contributed by atoms with Crippen molar-refractivity contribution in [3.05, 3.63) is 71.0 Å². The number of benzene rings is 2. The summed E-state index contributed by atoms with van der Waals surface area (Å²) < 4.78 is 13.5. The largest absolute Gasteiger partial charge is 0.391 e. The van der Waals surface area contributed by atoms with Crippen LogP contribution in [0.1, 0.15) is 27.5 Å². The molecule has 0 aromatic heterocycles. The van der Waals surface area contributed by atoms with Gasteiger partial charge in [0.1, 0.15) is 16.8 Å². The van der Waals surface area contributed by atoms with Gasteiger partial charge in [0.05, 0.1) is 0 Å². The number of halogens is 1. The number of rotatable bonds is 4. The minimum absolute atomic E-state index is 0.155. The van der Waals surface area contributed by atoms with Crippen LogP contribution in [0.15, 0.2) is 48.5 Å². The summed E-state index contributed by atoms with van der Waals surface area (Å²) in [6.07, 6.45) is 0. The molecule has 108 valence electrons. The molecule has 1 unspecified atom stereocenters. The lowest BCUT2D eigenvalue weighted by Gasteiger charge is -2.18. The average molecular weight is 302 g/mol. The minimum Gasteiger partial charge on any atom is -0.391 e. The molecule has 0 radical (unpaired) electrons. The van der Waals surface area contributed by atoms with E-state index in [1.807, 2.05) is 30.3 Å². The van der Waals surface area contributed by atoms with Crippen LogP contribution in [0.25, 0.3) is 0 Å². The lowest BCUT2D eigenvalue weighted by molar-refractivity contribution is 0.0946. The number of thiocarbonyl (C=S) groups is 1. The predicted molar refractivity (Wildman–Crippen MR) is 84.6 cm³/mol. The molecule has 0 aliphatic carbocycles. The van der Waals surface area contributed by atoms with Crippen LogP contribution in [0, 0.1) is 12.7 Å². The summed E-state index contributed by atoms with van der Waals surface area (Å²) >= 11 is 5.00. The van der Waals surface area contributed by atoms with E-state index in [1.165, 1.54) is 6.07 Å². The van der Waals surface area contributed by atoms with E-state index in [2.05, 4.69) is 5.32 Å². The van der Waals surface area contributed by atoms with Gasteiger partial charge in [0, 0.05) is 5.56 Å². The smallest absolute Gasteiger partial charge is 0.252 e. The van der Waals surface area contributed by atoms with Gasteiger partial charge >= 0.3 is 0 Å². The van der Waals surface area contributed by atoms with E-state index in [4.69, 9.17) is 18.0 Å². The van der Waals surface area contributed by atoms with Crippen LogP contribution in [0.2, 0.25) is 0 Å². The highest BCUT2D eigenvalue weighted by atomic mass is 32.1. The Morgan fingerprint density at radius 2 is 1.90 bits per heavy atom. The molecule has 0 bridgehead atoms. The highest BCUT2D eigenvalue weighted by Crippen LogP contribution is 2.15. The zero-order valence-corrected chi connectivity index (χ0v) is 12.3. The molecule has 0 saturated heterocycles. The number of nitrogens with one attached hydrogen (secondary N) is 1. The minimum atomic E-state index is -0.585. The number of nitrogens with two attached hydrogens (primary N) is 1. The fourth-order valence-electron chi connectivity index (χ4n) is 1.91. The van der Waals surface area contributed by atoms with Crippen LogP contribution in [0.3, 0.4) is 0 Å².